The molecule has 1 aliphatic heterocycles. The van der Waals surface area contributed by atoms with E-state index in [1.807, 2.05) is 0 Å². The highest BCUT2D eigenvalue weighted by Gasteiger charge is 2.33. The summed E-state index contributed by atoms with van der Waals surface area (Å²) in [7, 11) is 0. The molecule has 1 aromatic heterocycles. The summed E-state index contributed by atoms with van der Waals surface area (Å²) in [6.07, 6.45) is 5.55. The Bertz CT molecular complexity index is 444. The predicted molar refractivity (Wildman–Crippen MR) is 72.3 cm³/mol. The third-order valence-corrected chi connectivity index (χ3v) is 5.33. The summed E-state index contributed by atoms with van der Waals surface area (Å²) in [4.78, 5) is 13.6. The van der Waals surface area contributed by atoms with Gasteiger partial charge in [-0.3, -0.25) is 9.69 Å². The lowest BCUT2D eigenvalue weighted by Gasteiger charge is -2.11. The highest BCUT2D eigenvalue weighted by atomic mass is 35.5. The van der Waals surface area contributed by atoms with Crippen molar-refractivity contribution in [1.29, 1.82) is 0 Å². The quantitative estimate of drug-likeness (QED) is 0.802. The highest BCUT2D eigenvalue weighted by Crippen LogP contribution is 2.38. The lowest BCUT2D eigenvalue weighted by molar-refractivity contribution is -0.117. The maximum atomic E-state index is 11.9. The van der Waals surface area contributed by atoms with Crippen molar-refractivity contribution in [3.8, 4) is 0 Å². The van der Waals surface area contributed by atoms with Crippen molar-refractivity contribution < 1.29 is 4.79 Å². The lowest BCUT2D eigenvalue weighted by atomic mass is 10.1. The fraction of sp³-hybridized carbons (Fsp3) is 0.750. The van der Waals surface area contributed by atoms with Gasteiger partial charge in [-0.05, 0) is 18.8 Å². The van der Waals surface area contributed by atoms with Gasteiger partial charge in [-0.1, -0.05) is 24.2 Å². The summed E-state index contributed by atoms with van der Waals surface area (Å²) in [6, 6.07) is 0. The van der Waals surface area contributed by atoms with E-state index in [2.05, 4.69) is 10.2 Å². The zero-order valence-electron chi connectivity index (χ0n) is 10.1. The number of carbonyl (C=O) groups is 1. The zero-order valence-corrected chi connectivity index (χ0v) is 11.7. The van der Waals surface area contributed by atoms with Gasteiger partial charge in [0.1, 0.15) is 5.01 Å². The van der Waals surface area contributed by atoms with Crippen LogP contribution in [0.15, 0.2) is 0 Å². The van der Waals surface area contributed by atoms with E-state index in [0.717, 1.165) is 10.1 Å². The number of rotatable bonds is 3. The first-order chi connectivity index (χ1) is 8.78. The number of halogens is 1. The van der Waals surface area contributed by atoms with Gasteiger partial charge < -0.3 is 0 Å². The number of hydrogen-bond donors (Lipinski definition) is 0. The number of amides is 1. The van der Waals surface area contributed by atoms with Crippen LogP contribution < -0.4 is 4.90 Å². The van der Waals surface area contributed by atoms with Gasteiger partial charge in [-0.25, -0.2) is 0 Å². The van der Waals surface area contributed by atoms with E-state index in [-0.39, 0.29) is 11.8 Å². The largest absolute Gasteiger partial charge is 0.286 e. The van der Waals surface area contributed by atoms with E-state index >= 15 is 0 Å². The average Bonchev–Trinajstić information content (AvgIpc) is 3.08. The van der Waals surface area contributed by atoms with Gasteiger partial charge in [0.25, 0.3) is 0 Å². The number of alkyl halides is 1. The molecule has 1 amide bonds. The third kappa shape index (κ3) is 2.26. The van der Waals surface area contributed by atoms with Crippen molar-refractivity contribution in [3.05, 3.63) is 5.01 Å². The molecule has 18 heavy (non-hydrogen) atoms. The molecule has 1 atom stereocenters. The normalized spacial score (nSPS) is 25.3. The van der Waals surface area contributed by atoms with E-state index in [1.165, 1.54) is 25.7 Å². The van der Waals surface area contributed by atoms with Gasteiger partial charge in [-0.2, -0.15) is 0 Å². The smallest absolute Gasteiger partial charge is 0.229 e. The van der Waals surface area contributed by atoms with Crippen molar-refractivity contribution in [2.45, 2.75) is 38.0 Å². The van der Waals surface area contributed by atoms with Crippen molar-refractivity contribution in [1.82, 2.24) is 10.2 Å². The second kappa shape index (κ2) is 5.13. The summed E-state index contributed by atoms with van der Waals surface area (Å²) >= 11 is 7.41. The molecule has 2 aliphatic rings. The molecule has 2 fully saturated rings. The Morgan fingerprint density at radius 2 is 2.11 bits per heavy atom. The second-order valence-electron chi connectivity index (χ2n) is 5.13. The molecular weight excluding hydrogens is 270 g/mol. The highest BCUT2D eigenvalue weighted by molar-refractivity contribution is 7.15. The SMILES string of the molecule is O=C1CC(CCl)CN1c1nnc(C2CCCC2)s1. The molecule has 0 aromatic carbocycles. The minimum Gasteiger partial charge on any atom is -0.286 e. The molecule has 4 nitrogen and oxygen atoms in total. The van der Waals surface area contributed by atoms with Crippen LogP contribution in [0.2, 0.25) is 0 Å². The topological polar surface area (TPSA) is 46.1 Å². The molecule has 1 aliphatic carbocycles. The minimum atomic E-state index is 0.134. The first kappa shape index (κ1) is 12.4. The summed E-state index contributed by atoms with van der Waals surface area (Å²) < 4.78 is 0. The van der Waals surface area contributed by atoms with E-state index in [9.17, 15) is 4.79 Å². The van der Waals surface area contributed by atoms with Crippen molar-refractivity contribution >= 4 is 34.0 Å². The standard InChI is InChI=1S/C12H16ClN3OS/c13-6-8-5-10(17)16(7-8)12-15-14-11(18-12)9-3-1-2-4-9/h8-9H,1-7H2. The number of anilines is 1. The Hall–Kier alpha value is -0.680. The van der Waals surface area contributed by atoms with Crippen LogP contribution in [0.5, 0.6) is 0 Å². The molecule has 0 spiro atoms. The molecule has 6 heteroatoms. The Morgan fingerprint density at radius 1 is 1.33 bits per heavy atom. The van der Waals surface area contributed by atoms with Gasteiger partial charge in [0.2, 0.25) is 11.0 Å². The number of carbonyl (C=O) groups excluding carboxylic acids is 1. The monoisotopic (exact) mass is 285 g/mol. The van der Waals surface area contributed by atoms with Gasteiger partial charge in [0.15, 0.2) is 0 Å². The van der Waals surface area contributed by atoms with Crippen LogP contribution in [-0.4, -0.2) is 28.5 Å². The Balaban J connectivity index is 1.74. The molecule has 1 aromatic rings. The first-order valence-electron chi connectivity index (χ1n) is 6.47. The number of aromatic nitrogens is 2. The van der Waals surface area contributed by atoms with Crippen LogP contribution in [0, 0.1) is 5.92 Å². The van der Waals surface area contributed by atoms with Crippen molar-refractivity contribution in [2.75, 3.05) is 17.3 Å². The third-order valence-electron chi connectivity index (χ3n) is 3.79. The Kier molecular flexibility index (Phi) is 3.52. The van der Waals surface area contributed by atoms with Gasteiger partial charge in [0.05, 0.1) is 0 Å². The number of hydrogen-bond acceptors (Lipinski definition) is 4. The van der Waals surface area contributed by atoms with Crippen LogP contribution in [0.4, 0.5) is 5.13 Å². The molecule has 1 saturated carbocycles. The maximum Gasteiger partial charge on any atom is 0.229 e. The fourth-order valence-corrected chi connectivity index (χ4v) is 3.99. The van der Waals surface area contributed by atoms with Crippen molar-refractivity contribution in [3.63, 3.8) is 0 Å². The summed E-state index contributed by atoms with van der Waals surface area (Å²) in [5, 5.41) is 10.3. The minimum absolute atomic E-state index is 0.134. The maximum absolute atomic E-state index is 11.9. The molecule has 0 radical (unpaired) electrons. The van der Waals surface area contributed by atoms with Crippen molar-refractivity contribution in [2.24, 2.45) is 5.92 Å². The summed E-state index contributed by atoms with van der Waals surface area (Å²) in [5.74, 6) is 1.50. The molecule has 1 saturated heterocycles. The molecule has 0 bridgehead atoms. The van der Waals surface area contributed by atoms with E-state index < -0.39 is 0 Å². The summed E-state index contributed by atoms with van der Waals surface area (Å²) in [6.45, 7) is 0.696. The summed E-state index contributed by atoms with van der Waals surface area (Å²) in [5.41, 5.74) is 0. The van der Waals surface area contributed by atoms with Crippen LogP contribution in [0.1, 0.15) is 43.0 Å². The molecule has 2 heterocycles. The molecular formula is C12H16ClN3OS. The predicted octanol–water partition coefficient (Wildman–Crippen LogP) is 2.79. The molecule has 1 unspecified atom stereocenters. The fourth-order valence-electron chi connectivity index (χ4n) is 2.74. The lowest BCUT2D eigenvalue weighted by Crippen LogP contribution is -2.24. The van der Waals surface area contributed by atoms with Crippen LogP contribution in [-0.2, 0) is 4.79 Å². The zero-order chi connectivity index (χ0) is 12.5. The van der Waals surface area contributed by atoms with Gasteiger partial charge >= 0.3 is 0 Å². The van der Waals surface area contributed by atoms with E-state index in [1.54, 1.807) is 16.2 Å². The average molecular weight is 286 g/mol. The van der Waals surface area contributed by atoms with Crippen LogP contribution >= 0.6 is 22.9 Å². The number of nitrogens with zero attached hydrogens (tertiary/aromatic N) is 3. The van der Waals surface area contributed by atoms with Gasteiger partial charge in [0, 0.05) is 24.8 Å². The van der Waals surface area contributed by atoms with E-state index in [0.29, 0.717) is 24.8 Å². The van der Waals surface area contributed by atoms with Crippen LogP contribution in [0.3, 0.4) is 0 Å². The first-order valence-corrected chi connectivity index (χ1v) is 7.82. The Labute approximate surface area is 115 Å². The molecule has 3 rings (SSSR count). The molecule has 0 N–H and O–H groups in total. The van der Waals surface area contributed by atoms with E-state index in [4.69, 9.17) is 11.6 Å². The molecule has 98 valence electrons. The van der Waals surface area contributed by atoms with Gasteiger partial charge in [-0.15, -0.1) is 21.8 Å². The Morgan fingerprint density at radius 3 is 2.78 bits per heavy atom. The van der Waals surface area contributed by atoms with Crippen LogP contribution in [0.25, 0.3) is 0 Å². The second-order valence-corrected chi connectivity index (χ2v) is 6.43.